The fourth-order valence-electron chi connectivity index (χ4n) is 6.53. The molecule has 39 heavy (non-hydrogen) atoms. The van der Waals surface area contributed by atoms with Crippen molar-refractivity contribution in [1.82, 2.24) is 14.8 Å². The van der Waals surface area contributed by atoms with Crippen molar-refractivity contribution >= 4 is 22.7 Å². The van der Waals surface area contributed by atoms with Crippen LogP contribution in [0.3, 0.4) is 0 Å². The summed E-state index contributed by atoms with van der Waals surface area (Å²) in [6, 6.07) is 10.8. The highest BCUT2D eigenvalue weighted by Gasteiger charge is 2.48. The quantitative estimate of drug-likeness (QED) is 0.446. The maximum atomic E-state index is 14.0. The Morgan fingerprint density at radius 1 is 1.00 bits per heavy atom. The van der Waals surface area contributed by atoms with Crippen LogP contribution in [0.1, 0.15) is 55.0 Å². The predicted molar refractivity (Wildman–Crippen MR) is 148 cm³/mol. The summed E-state index contributed by atoms with van der Waals surface area (Å²) in [6.07, 6.45) is 8.26. The normalized spacial score (nSPS) is 20.9. The monoisotopic (exact) mass is 529 g/mol. The third kappa shape index (κ3) is 4.32. The average molecular weight is 530 g/mol. The summed E-state index contributed by atoms with van der Waals surface area (Å²) in [5, 5.41) is 1.08. The maximum absolute atomic E-state index is 14.0. The SMILES string of the molecule is COc1cc(C2c3[nH]c4ccccc4c3C[C@@H]3C(=O)N(CCC4=CCCCC4)CC(=O)N23)cc(OC)c1OC. The largest absolute Gasteiger partial charge is 0.493 e. The Morgan fingerprint density at radius 2 is 1.77 bits per heavy atom. The van der Waals surface area contributed by atoms with Gasteiger partial charge in [-0.05, 0) is 61.4 Å². The predicted octanol–water partition coefficient (Wildman–Crippen LogP) is 4.77. The van der Waals surface area contributed by atoms with Crippen LogP contribution in [0.15, 0.2) is 48.0 Å². The van der Waals surface area contributed by atoms with Gasteiger partial charge < -0.3 is 29.0 Å². The molecule has 0 saturated carbocycles. The fraction of sp³-hybridized carbons (Fsp3) is 0.419. The third-order valence-corrected chi connectivity index (χ3v) is 8.43. The number of H-pyrrole nitrogens is 1. The molecule has 1 saturated heterocycles. The Labute approximate surface area is 228 Å². The van der Waals surface area contributed by atoms with Crippen LogP contribution in [0.25, 0.3) is 10.9 Å². The minimum Gasteiger partial charge on any atom is -0.493 e. The lowest BCUT2D eigenvalue weighted by Gasteiger charge is -2.47. The van der Waals surface area contributed by atoms with E-state index in [-0.39, 0.29) is 18.4 Å². The van der Waals surface area contributed by atoms with Crippen molar-refractivity contribution in [2.45, 2.75) is 50.6 Å². The molecule has 2 amide bonds. The minimum absolute atomic E-state index is 0.0133. The lowest BCUT2D eigenvalue weighted by molar-refractivity contribution is -0.158. The highest BCUT2D eigenvalue weighted by Crippen LogP contribution is 2.47. The fourth-order valence-corrected chi connectivity index (χ4v) is 6.53. The molecule has 8 heteroatoms. The Hall–Kier alpha value is -3.94. The number of methoxy groups -OCH3 is 3. The van der Waals surface area contributed by atoms with Gasteiger partial charge in [0.2, 0.25) is 17.6 Å². The van der Waals surface area contributed by atoms with Crippen LogP contribution in [0, 0.1) is 0 Å². The number of piperazine rings is 1. The second-order valence-corrected chi connectivity index (χ2v) is 10.6. The number of hydrogen-bond donors (Lipinski definition) is 1. The number of allylic oxidation sites excluding steroid dienone is 1. The van der Waals surface area contributed by atoms with Crippen molar-refractivity contribution in [3.05, 3.63) is 64.9 Å². The second kappa shape index (κ2) is 10.3. The van der Waals surface area contributed by atoms with E-state index >= 15 is 0 Å². The number of carbonyl (C=O) groups excluding carboxylic acids is 2. The number of carbonyl (C=O) groups is 2. The molecule has 3 heterocycles. The number of benzene rings is 2. The first-order valence-corrected chi connectivity index (χ1v) is 13.7. The molecule has 2 aliphatic heterocycles. The van der Waals surface area contributed by atoms with Crippen LogP contribution in [0.5, 0.6) is 17.2 Å². The number of amides is 2. The van der Waals surface area contributed by atoms with Crippen molar-refractivity contribution in [2.75, 3.05) is 34.4 Å². The molecular formula is C31H35N3O5. The average Bonchev–Trinajstić information content (AvgIpc) is 3.35. The molecule has 204 valence electrons. The maximum Gasteiger partial charge on any atom is 0.246 e. The van der Waals surface area contributed by atoms with Crippen LogP contribution in [0.2, 0.25) is 0 Å². The molecule has 3 aliphatic rings. The molecule has 0 radical (unpaired) electrons. The van der Waals surface area contributed by atoms with Gasteiger partial charge in [-0.25, -0.2) is 0 Å². The van der Waals surface area contributed by atoms with Crippen molar-refractivity contribution in [3.8, 4) is 17.2 Å². The topological polar surface area (TPSA) is 84.1 Å². The Balaban J connectivity index is 1.44. The van der Waals surface area contributed by atoms with Gasteiger partial charge in [0.15, 0.2) is 11.5 Å². The van der Waals surface area contributed by atoms with Crippen molar-refractivity contribution in [1.29, 1.82) is 0 Å². The summed E-state index contributed by atoms with van der Waals surface area (Å²) >= 11 is 0. The van der Waals surface area contributed by atoms with Crippen LogP contribution in [-0.2, 0) is 16.0 Å². The first-order chi connectivity index (χ1) is 19.0. The van der Waals surface area contributed by atoms with Crippen LogP contribution < -0.4 is 14.2 Å². The molecule has 1 fully saturated rings. The number of aromatic nitrogens is 1. The van der Waals surface area contributed by atoms with E-state index in [1.807, 2.05) is 30.3 Å². The molecule has 1 aromatic heterocycles. The number of fused-ring (bicyclic) bond motifs is 4. The molecule has 8 nitrogen and oxygen atoms in total. The first kappa shape index (κ1) is 25.3. The van der Waals surface area contributed by atoms with Crippen LogP contribution in [0.4, 0.5) is 0 Å². The molecule has 6 rings (SSSR count). The standard InChI is InChI=1S/C31H35N3O5/c1-37-25-15-20(16-26(38-2)30(25)39-3)29-28-22(21-11-7-8-12-23(21)32-28)17-24-31(36)33(18-27(35)34(24)29)14-13-19-9-5-4-6-10-19/h7-9,11-12,15-16,24,29,32H,4-6,10,13-14,17-18H2,1-3H3/t24-,29?/m1/s1. The number of rotatable bonds is 7. The third-order valence-electron chi connectivity index (χ3n) is 8.43. The molecule has 0 bridgehead atoms. The number of hydrogen-bond acceptors (Lipinski definition) is 5. The van der Waals surface area contributed by atoms with Gasteiger partial charge in [0.25, 0.3) is 0 Å². The molecule has 2 atom stereocenters. The van der Waals surface area contributed by atoms with Crippen LogP contribution >= 0.6 is 0 Å². The Morgan fingerprint density at radius 3 is 2.46 bits per heavy atom. The summed E-state index contributed by atoms with van der Waals surface area (Å²) in [5.41, 5.74) is 5.18. The van der Waals surface area contributed by atoms with Gasteiger partial charge >= 0.3 is 0 Å². The number of para-hydroxylation sites is 1. The number of nitrogens with zero attached hydrogens (tertiary/aromatic N) is 2. The van der Waals surface area contributed by atoms with Gasteiger partial charge in [-0.3, -0.25) is 9.59 Å². The van der Waals surface area contributed by atoms with Gasteiger partial charge in [-0.15, -0.1) is 0 Å². The van der Waals surface area contributed by atoms with Crippen molar-refractivity contribution < 1.29 is 23.8 Å². The lowest BCUT2D eigenvalue weighted by atomic mass is 9.86. The highest BCUT2D eigenvalue weighted by atomic mass is 16.5. The summed E-state index contributed by atoms with van der Waals surface area (Å²) in [4.78, 5) is 35.0. The zero-order valence-electron chi connectivity index (χ0n) is 22.8. The van der Waals surface area contributed by atoms with E-state index in [1.54, 1.807) is 31.1 Å². The molecular weight excluding hydrogens is 494 g/mol. The van der Waals surface area contributed by atoms with Crippen molar-refractivity contribution in [3.63, 3.8) is 0 Å². The number of aromatic amines is 1. The van der Waals surface area contributed by atoms with E-state index in [9.17, 15) is 9.59 Å². The summed E-state index contributed by atoms with van der Waals surface area (Å²) in [6.45, 7) is 0.662. The van der Waals surface area contributed by atoms with Gasteiger partial charge in [0.1, 0.15) is 6.04 Å². The van der Waals surface area contributed by atoms with Gasteiger partial charge in [-0.2, -0.15) is 0 Å². The molecule has 2 aromatic carbocycles. The molecule has 1 aliphatic carbocycles. The van der Waals surface area contributed by atoms with E-state index in [1.165, 1.54) is 18.4 Å². The number of nitrogens with one attached hydrogen (secondary N) is 1. The Kier molecular flexibility index (Phi) is 6.71. The summed E-state index contributed by atoms with van der Waals surface area (Å²) in [5.74, 6) is 1.45. The van der Waals surface area contributed by atoms with Gasteiger partial charge in [-0.1, -0.05) is 29.8 Å². The van der Waals surface area contributed by atoms with Gasteiger partial charge in [0.05, 0.1) is 33.9 Å². The zero-order valence-corrected chi connectivity index (χ0v) is 22.8. The van der Waals surface area contributed by atoms with Gasteiger partial charge in [0, 0.05) is 29.6 Å². The highest BCUT2D eigenvalue weighted by molar-refractivity contribution is 5.97. The van der Waals surface area contributed by atoms with E-state index < -0.39 is 12.1 Å². The Bertz CT molecular complexity index is 1430. The van der Waals surface area contributed by atoms with Crippen molar-refractivity contribution in [2.24, 2.45) is 0 Å². The molecule has 1 unspecified atom stereocenters. The summed E-state index contributed by atoms with van der Waals surface area (Å²) in [7, 11) is 4.72. The zero-order chi connectivity index (χ0) is 27.1. The smallest absolute Gasteiger partial charge is 0.246 e. The molecule has 1 N–H and O–H groups in total. The van der Waals surface area contributed by atoms with E-state index in [0.717, 1.165) is 47.0 Å². The first-order valence-electron chi connectivity index (χ1n) is 13.7. The van der Waals surface area contributed by atoms with E-state index in [4.69, 9.17) is 14.2 Å². The molecule has 3 aromatic rings. The second-order valence-electron chi connectivity index (χ2n) is 10.6. The van der Waals surface area contributed by atoms with Crippen LogP contribution in [-0.4, -0.2) is 67.1 Å². The summed E-state index contributed by atoms with van der Waals surface area (Å²) < 4.78 is 16.8. The van der Waals surface area contributed by atoms with E-state index in [0.29, 0.717) is 30.2 Å². The minimum atomic E-state index is -0.581. The number of ether oxygens (including phenoxy) is 3. The lowest BCUT2D eigenvalue weighted by Crippen LogP contribution is -2.63. The molecule has 0 spiro atoms. The van der Waals surface area contributed by atoms with E-state index in [2.05, 4.69) is 17.1 Å².